The molecule has 3 nitrogen and oxygen atoms in total. The molecule has 3 unspecified atom stereocenters. The molecular weight excluding hydrogens is 299 g/mol. The predicted molar refractivity (Wildman–Crippen MR) is 70.8 cm³/mol. The van der Waals surface area contributed by atoms with Crippen molar-refractivity contribution in [2.24, 2.45) is 5.92 Å². The summed E-state index contributed by atoms with van der Waals surface area (Å²) < 4.78 is 14.3. The quantitative estimate of drug-likeness (QED) is 0.881. The summed E-state index contributed by atoms with van der Waals surface area (Å²) in [6.45, 7) is 0. The average Bonchev–Trinajstić information content (AvgIpc) is 2.96. The van der Waals surface area contributed by atoms with E-state index >= 15 is 0 Å². The van der Waals surface area contributed by atoms with Gasteiger partial charge in [-0.15, -0.1) is 0 Å². The molecule has 96 valence electrons. The minimum atomic E-state index is -0.400. The Morgan fingerprint density at radius 3 is 2.94 bits per heavy atom. The molecule has 0 saturated carbocycles. The number of carbonyl (C=O) groups is 1. The third kappa shape index (κ3) is 2.17. The van der Waals surface area contributed by atoms with Crippen LogP contribution >= 0.6 is 15.9 Å². The van der Waals surface area contributed by atoms with Crippen molar-refractivity contribution in [2.75, 3.05) is 5.32 Å². The van der Waals surface area contributed by atoms with E-state index in [-0.39, 0.29) is 23.6 Å². The molecule has 2 N–H and O–H groups in total. The van der Waals surface area contributed by atoms with Crippen molar-refractivity contribution in [3.63, 3.8) is 0 Å². The first kappa shape index (κ1) is 12.1. The highest BCUT2D eigenvalue weighted by Gasteiger charge is 2.42. The minimum Gasteiger partial charge on any atom is -0.323 e. The van der Waals surface area contributed by atoms with Crippen molar-refractivity contribution in [3.05, 3.63) is 28.5 Å². The lowest BCUT2D eigenvalue weighted by Crippen LogP contribution is -2.33. The molecule has 0 spiro atoms. The number of benzene rings is 1. The maximum Gasteiger partial charge on any atom is 0.229 e. The lowest BCUT2D eigenvalue weighted by molar-refractivity contribution is -0.120. The van der Waals surface area contributed by atoms with Crippen molar-refractivity contribution in [1.82, 2.24) is 5.32 Å². The molecule has 1 aromatic rings. The van der Waals surface area contributed by atoms with Gasteiger partial charge in [-0.05, 0) is 37.5 Å². The van der Waals surface area contributed by atoms with Gasteiger partial charge in [-0.2, -0.15) is 0 Å². The Bertz CT molecular complexity index is 494. The zero-order valence-electron chi connectivity index (χ0n) is 9.75. The molecule has 2 saturated heterocycles. The van der Waals surface area contributed by atoms with Crippen LogP contribution in [0.15, 0.2) is 22.7 Å². The molecule has 1 amide bonds. The Morgan fingerprint density at radius 2 is 2.28 bits per heavy atom. The fourth-order valence-electron chi connectivity index (χ4n) is 2.93. The molecule has 0 radical (unpaired) electrons. The number of amides is 1. The van der Waals surface area contributed by atoms with Gasteiger partial charge in [0, 0.05) is 16.6 Å². The summed E-state index contributed by atoms with van der Waals surface area (Å²) >= 11 is 3.27. The number of hydrogen-bond donors (Lipinski definition) is 2. The van der Waals surface area contributed by atoms with Crippen LogP contribution in [-0.2, 0) is 4.79 Å². The smallest absolute Gasteiger partial charge is 0.229 e. The fraction of sp³-hybridized carbons (Fsp3) is 0.462. The molecular formula is C13H14BrFN2O. The van der Waals surface area contributed by atoms with Crippen molar-refractivity contribution in [2.45, 2.75) is 31.3 Å². The standard InChI is InChI=1S/C13H14BrFN2O/c14-7-1-3-10(15)12(5-7)17-13(18)9-6-8-2-4-11(9)16-8/h1,3,5,8-9,11,16H,2,4,6H2,(H,17,18). The summed E-state index contributed by atoms with van der Waals surface area (Å²) in [4.78, 5) is 12.1. The summed E-state index contributed by atoms with van der Waals surface area (Å²) in [5.74, 6) is -0.503. The van der Waals surface area contributed by atoms with Crippen molar-refractivity contribution in [1.29, 1.82) is 0 Å². The highest BCUT2D eigenvalue weighted by atomic mass is 79.9. The maximum absolute atomic E-state index is 13.6. The normalized spacial score (nSPS) is 29.6. The number of anilines is 1. The van der Waals surface area contributed by atoms with E-state index in [0.29, 0.717) is 6.04 Å². The monoisotopic (exact) mass is 312 g/mol. The molecule has 0 aromatic heterocycles. The molecule has 18 heavy (non-hydrogen) atoms. The van der Waals surface area contributed by atoms with E-state index in [0.717, 1.165) is 23.7 Å². The zero-order valence-corrected chi connectivity index (χ0v) is 11.3. The Hall–Kier alpha value is -0.940. The first-order valence-corrected chi connectivity index (χ1v) is 6.95. The number of fused-ring (bicyclic) bond motifs is 2. The lowest BCUT2D eigenvalue weighted by Gasteiger charge is -2.19. The van der Waals surface area contributed by atoms with Crippen LogP contribution in [-0.4, -0.2) is 18.0 Å². The van der Waals surface area contributed by atoms with E-state index < -0.39 is 5.82 Å². The molecule has 3 atom stereocenters. The third-order valence-electron chi connectivity index (χ3n) is 3.82. The molecule has 5 heteroatoms. The summed E-state index contributed by atoms with van der Waals surface area (Å²) in [5.41, 5.74) is 0.247. The summed E-state index contributed by atoms with van der Waals surface area (Å²) in [5, 5.41) is 6.10. The van der Waals surface area contributed by atoms with Gasteiger partial charge in [0.1, 0.15) is 5.82 Å². The highest BCUT2D eigenvalue weighted by molar-refractivity contribution is 9.10. The Morgan fingerprint density at radius 1 is 1.44 bits per heavy atom. The van der Waals surface area contributed by atoms with E-state index in [4.69, 9.17) is 0 Å². The van der Waals surface area contributed by atoms with E-state index in [2.05, 4.69) is 26.6 Å². The van der Waals surface area contributed by atoms with Crippen molar-refractivity contribution < 1.29 is 9.18 Å². The molecule has 2 heterocycles. The van der Waals surface area contributed by atoms with Crippen LogP contribution < -0.4 is 10.6 Å². The van der Waals surface area contributed by atoms with Gasteiger partial charge in [0.25, 0.3) is 0 Å². The maximum atomic E-state index is 13.6. The fourth-order valence-corrected chi connectivity index (χ4v) is 3.29. The third-order valence-corrected chi connectivity index (χ3v) is 4.32. The van der Waals surface area contributed by atoms with Crippen LogP contribution in [0.3, 0.4) is 0 Å². The number of rotatable bonds is 2. The zero-order chi connectivity index (χ0) is 12.7. The van der Waals surface area contributed by atoms with Crippen LogP contribution in [0, 0.1) is 11.7 Å². The summed E-state index contributed by atoms with van der Waals surface area (Å²) in [6.07, 6.45) is 3.07. The Kier molecular flexibility index (Phi) is 3.11. The van der Waals surface area contributed by atoms with E-state index in [9.17, 15) is 9.18 Å². The topological polar surface area (TPSA) is 41.1 Å². The Balaban J connectivity index is 1.72. The van der Waals surface area contributed by atoms with Gasteiger partial charge in [-0.3, -0.25) is 4.79 Å². The van der Waals surface area contributed by atoms with Crippen molar-refractivity contribution in [3.8, 4) is 0 Å². The van der Waals surface area contributed by atoms with E-state index in [1.807, 2.05) is 0 Å². The van der Waals surface area contributed by atoms with Crippen LogP contribution in [0.1, 0.15) is 19.3 Å². The first-order chi connectivity index (χ1) is 8.63. The second-order valence-corrected chi connectivity index (χ2v) is 5.92. The molecule has 2 aliphatic rings. The van der Waals surface area contributed by atoms with Gasteiger partial charge in [0.15, 0.2) is 0 Å². The molecule has 1 aromatic carbocycles. The SMILES string of the molecule is O=C(Nc1cc(Br)ccc1F)C1CC2CCC1N2. The minimum absolute atomic E-state index is 0.0258. The number of nitrogens with one attached hydrogen (secondary N) is 2. The number of hydrogen-bond acceptors (Lipinski definition) is 2. The van der Waals surface area contributed by atoms with Crippen LogP contribution in [0.5, 0.6) is 0 Å². The highest BCUT2D eigenvalue weighted by Crippen LogP contribution is 2.34. The molecule has 2 aliphatic heterocycles. The number of carbonyl (C=O) groups excluding carboxylic acids is 1. The molecule has 3 rings (SSSR count). The largest absolute Gasteiger partial charge is 0.323 e. The second-order valence-electron chi connectivity index (χ2n) is 5.00. The molecule has 0 aliphatic carbocycles. The van der Waals surface area contributed by atoms with Gasteiger partial charge in [0.2, 0.25) is 5.91 Å². The molecule has 2 fully saturated rings. The van der Waals surface area contributed by atoms with Gasteiger partial charge in [0.05, 0.1) is 11.6 Å². The first-order valence-electron chi connectivity index (χ1n) is 6.15. The lowest BCUT2D eigenvalue weighted by atomic mass is 9.88. The number of halogens is 2. The Labute approximate surface area is 113 Å². The van der Waals surface area contributed by atoms with Gasteiger partial charge in [-0.1, -0.05) is 15.9 Å². The van der Waals surface area contributed by atoms with Gasteiger partial charge in [-0.25, -0.2) is 4.39 Å². The van der Waals surface area contributed by atoms with Crippen molar-refractivity contribution >= 4 is 27.5 Å². The van der Waals surface area contributed by atoms with E-state index in [1.165, 1.54) is 6.07 Å². The average molecular weight is 313 g/mol. The van der Waals surface area contributed by atoms with Crippen LogP contribution in [0.25, 0.3) is 0 Å². The second kappa shape index (κ2) is 4.63. The summed E-state index contributed by atoms with van der Waals surface area (Å²) in [7, 11) is 0. The molecule has 2 bridgehead atoms. The van der Waals surface area contributed by atoms with Gasteiger partial charge < -0.3 is 10.6 Å². The van der Waals surface area contributed by atoms with Crippen LogP contribution in [0.4, 0.5) is 10.1 Å². The predicted octanol–water partition coefficient (Wildman–Crippen LogP) is 2.67. The van der Waals surface area contributed by atoms with Crippen LogP contribution in [0.2, 0.25) is 0 Å². The summed E-state index contributed by atoms with van der Waals surface area (Å²) in [6, 6.07) is 5.29. The van der Waals surface area contributed by atoms with E-state index in [1.54, 1.807) is 12.1 Å². The van der Waals surface area contributed by atoms with Gasteiger partial charge >= 0.3 is 0 Å².